The summed E-state index contributed by atoms with van der Waals surface area (Å²) in [5.41, 5.74) is 0.0669. The van der Waals surface area contributed by atoms with E-state index in [0.29, 0.717) is 31.1 Å². The number of hydrogen-bond acceptors (Lipinski definition) is 4. The molecule has 1 aromatic carbocycles. The Morgan fingerprint density at radius 2 is 2.05 bits per heavy atom. The minimum absolute atomic E-state index is 0.239. The summed E-state index contributed by atoms with van der Waals surface area (Å²) in [6.45, 7) is 4.93. The molecule has 4 nitrogen and oxygen atoms in total. The SMILES string of the molecule is C#CCCOC(=O)C(C)(C)c1ccc2c(c1)OCCO2. The summed E-state index contributed by atoms with van der Waals surface area (Å²) in [4.78, 5) is 12.1. The van der Waals surface area contributed by atoms with Gasteiger partial charge in [0.25, 0.3) is 0 Å². The third-order valence-corrected chi connectivity index (χ3v) is 3.25. The molecule has 1 aromatic rings. The molecule has 106 valence electrons. The Kier molecular flexibility index (Phi) is 4.19. The highest BCUT2D eigenvalue weighted by atomic mass is 16.6. The van der Waals surface area contributed by atoms with Crippen molar-refractivity contribution in [2.75, 3.05) is 19.8 Å². The Morgan fingerprint density at radius 3 is 2.75 bits per heavy atom. The van der Waals surface area contributed by atoms with E-state index in [9.17, 15) is 4.79 Å². The molecule has 0 fully saturated rings. The van der Waals surface area contributed by atoms with E-state index in [-0.39, 0.29) is 12.6 Å². The third kappa shape index (κ3) is 2.88. The van der Waals surface area contributed by atoms with Crippen LogP contribution in [0.3, 0.4) is 0 Å². The van der Waals surface area contributed by atoms with Crippen molar-refractivity contribution in [1.82, 2.24) is 0 Å². The highest BCUT2D eigenvalue weighted by Gasteiger charge is 2.32. The number of esters is 1. The molecule has 0 saturated heterocycles. The molecule has 0 amide bonds. The van der Waals surface area contributed by atoms with Gasteiger partial charge in [-0.15, -0.1) is 12.3 Å². The van der Waals surface area contributed by atoms with Crippen LogP contribution < -0.4 is 9.47 Å². The molecule has 4 heteroatoms. The summed E-state index contributed by atoms with van der Waals surface area (Å²) >= 11 is 0. The van der Waals surface area contributed by atoms with E-state index >= 15 is 0 Å². The van der Waals surface area contributed by atoms with Gasteiger partial charge in [0.2, 0.25) is 0 Å². The standard InChI is InChI=1S/C16H18O4/c1-4-5-8-20-15(17)16(2,3)12-6-7-13-14(11-12)19-10-9-18-13/h1,6-7,11H,5,8-10H2,2-3H3. The van der Waals surface area contributed by atoms with Crippen LogP contribution in [0.1, 0.15) is 25.8 Å². The molecule has 0 saturated carbocycles. The number of carbonyl (C=O) groups excluding carboxylic acids is 1. The number of benzene rings is 1. The number of ether oxygens (including phenoxy) is 3. The lowest BCUT2D eigenvalue weighted by Crippen LogP contribution is -2.31. The zero-order chi connectivity index (χ0) is 14.6. The molecule has 0 N–H and O–H groups in total. The number of terminal acetylenes is 1. The molecule has 0 aromatic heterocycles. The molecule has 1 aliphatic heterocycles. The molecule has 1 aliphatic rings. The van der Waals surface area contributed by atoms with Crippen LogP contribution in [-0.2, 0) is 14.9 Å². The zero-order valence-corrected chi connectivity index (χ0v) is 11.8. The van der Waals surface area contributed by atoms with Gasteiger partial charge in [-0.2, -0.15) is 0 Å². The van der Waals surface area contributed by atoms with Gasteiger partial charge >= 0.3 is 5.97 Å². The Labute approximate surface area is 119 Å². The number of hydrogen-bond donors (Lipinski definition) is 0. The molecular formula is C16H18O4. The summed E-state index contributed by atoms with van der Waals surface area (Å²) < 4.78 is 16.2. The first kappa shape index (κ1) is 14.3. The van der Waals surface area contributed by atoms with E-state index in [0.717, 1.165) is 5.56 Å². The Morgan fingerprint density at radius 1 is 1.35 bits per heavy atom. The van der Waals surface area contributed by atoms with Crippen molar-refractivity contribution in [3.63, 3.8) is 0 Å². The van der Waals surface area contributed by atoms with Crippen LogP contribution in [0, 0.1) is 12.3 Å². The molecule has 2 rings (SSSR count). The maximum absolute atomic E-state index is 12.1. The van der Waals surface area contributed by atoms with Gasteiger partial charge in [0.05, 0.1) is 5.41 Å². The fourth-order valence-electron chi connectivity index (χ4n) is 1.93. The lowest BCUT2D eigenvalue weighted by Gasteiger charge is -2.25. The zero-order valence-electron chi connectivity index (χ0n) is 11.8. The second-order valence-electron chi connectivity index (χ2n) is 5.07. The summed E-state index contributed by atoms with van der Waals surface area (Å²) in [7, 11) is 0. The average molecular weight is 274 g/mol. The van der Waals surface area contributed by atoms with Crippen LogP contribution in [0.5, 0.6) is 11.5 Å². The van der Waals surface area contributed by atoms with Crippen molar-refractivity contribution in [2.24, 2.45) is 0 Å². The molecule has 0 spiro atoms. The van der Waals surface area contributed by atoms with Gasteiger partial charge < -0.3 is 14.2 Å². The van der Waals surface area contributed by atoms with E-state index < -0.39 is 5.41 Å². The molecule has 0 unspecified atom stereocenters. The second kappa shape index (κ2) is 5.87. The van der Waals surface area contributed by atoms with E-state index in [1.807, 2.05) is 32.0 Å². The lowest BCUT2D eigenvalue weighted by molar-refractivity contribution is -0.149. The van der Waals surface area contributed by atoms with E-state index in [1.165, 1.54) is 0 Å². The van der Waals surface area contributed by atoms with Crippen molar-refractivity contribution in [3.05, 3.63) is 23.8 Å². The Bertz CT molecular complexity index is 540. The van der Waals surface area contributed by atoms with Crippen LogP contribution in [0.25, 0.3) is 0 Å². The smallest absolute Gasteiger partial charge is 0.316 e. The highest BCUT2D eigenvalue weighted by molar-refractivity contribution is 5.82. The molecule has 0 bridgehead atoms. The van der Waals surface area contributed by atoms with E-state index in [1.54, 1.807) is 0 Å². The van der Waals surface area contributed by atoms with E-state index in [4.69, 9.17) is 20.6 Å². The number of fused-ring (bicyclic) bond motifs is 1. The van der Waals surface area contributed by atoms with Crippen LogP contribution in [0.15, 0.2) is 18.2 Å². The van der Waals surface area contributed by atoms with Crippen LogP contribution >= 0.6 is 0 Å². The van der Waals surface area contributed by atoms with Gasteiger partial charge in [-0.25, -0.2) is 0 Å². The average Bonchev–Trinajstić information content (AvgIpc) is 2.46. The Balaban J connectivity index is 2.16. The molecule has 1 heterocycles. The summed E-state index contributed by atoms with van der Waals surface area (Å²) in [5, 5.41) is 0. The van der Waals surface area contributed by atoms with Gasteiger partial charge in [0, 0.05) is 6.42 Å². The topological polar surface area (TPSA) is 44.8 Å². The van der Waals surface area contributed by atoms with Crippen molar-refractivity contribution >= 4 is 5.97 Å². The van der Waals surface area contributed by atoms with Gasteiger partial charge in [0.15, 0.2) is 11.5 Å². The molecule has 0 aliphatic carbocycles. The summed E-state index contributed by atoms with van der Waals surface area (Å²) in [5.74, 6) is 3.51. The molecule has 0 atom stereocenters. The molecular weight excluding hydrogens is 256 g/mol. The summed E-state index contributed by atoms with van der Waals surface area (Å²) in [6, 6.07) is 5.51. The fraction of sp³-hybridized carbons (Fsp3) is 0.438. The van der Waals surface area contributed by atoms with Crippen LogP contribution in [0.2, 0.25) is 0 Å². The fourth-order valence-corrected chi connectivity index (χ4v) is 1.93. The van der Waals surface area contributed by atoms with Crippen molar-refractivity contribution < 1.29 is 19.0 Å². The third-order valence-electron chi connectivity index (χ3n) is 3.25. The Hall–Kier alpha value is -2.15. The van der Waals surface area contributed by atoms with Gasteiger partial charge in [-0.1, -0.05) is 6.07 Å². The summed E-state index contributed by atoms with van der Waals surface area (Å²) in [6.07, 6.45) is 5.56. The molecule has 0 radical (unpaired) electrons. The first-order valence-corrected chi connectivity index (χ1v) is 6.56. The largest absolute Gasteiger partial charge is 0.486 e. The maximum Gasteiger partial charge on any atom is 0.316 e. The number of carbonyl (C=O) groups is 1. The van der Waals surface area contributed by atoms with E-state index in [2.05, 4.69) is 5.92 Å². The number of rotatable bonds is 4. The first-order valence-electron chi connectivity index (χ1n) is 6.56. The second-order valence-corrected chi connectivity index (χ2v) is 5.07. The van der Waals surface area contributed by atoms with Crippen molar-refractivity contribution in [1.29, 1.82) is 0 Å². The van der Waals surface area contributed by atoms with Crippen LogP contribution in [0.4, 0.5) is 0 Å². The predicted molar refractivity (Wildman–Crippen MR) is 74.9 cm³/mol. The predicted octanol–water partition coefficient (Wildman–Crippen LogP) is 2.30. The van der Waals surface area contributed by atoms with Gasteiger partial charge in [-0.05, 0) is 31.5 Å². The minimum atomic E-state index is -0.759. The molecule has 20 heavy (non-hydrogen) atoms. The minimum Gasteiger partial charge on any atom is -0.486 e. The van der Waals surface area contributed by atoms with Gasteiger partial charge in [0.1, 0.15) is 19.8 Å². The van der Waals surface area contributed by atoms with Crippen molar-refractivity contribution in [3.8, 4) is 23.8 Å². The first-order chi connectivity index (χ1) is 9.55. The monoisotopic (exact) mass is 274 g/mol. The quantitative estimate of drug-likeness (QED) is 0.480. The highest BCUT2D eigenvalue weighted by Crippen LogP contribution is 2.35. The lowest BCUT2D eigenvalue weighted by atomic mass is 9.84. The van der Waals surface area contributed by atoms with Crippen molar-refractivity contribution in [2.45, 2.75) is 25.7 Å². The van der Waals surface area contributed by atoms with Gasteiger partial charge in [-0.3, -0.25) is 4.79 Å². The van der Waals surface area contributed by atoms with Crippen LogP contribution in [-0.4, -0.2) is 25.8 Å². The normalized spacial score (nSPS) is 13.4. The maximum atomic E-state index is 12.1.